The van der Waals surface area contributed by atoms with Crippen LogP contribution in [0.1, 0.15) is 41.2 Å². The molecule has 0 aliphatic carbocycles. The van der Waals surface area contributed by atoms with Crippen molar-refractivity contribution in [1.82, 2.24) is 20.1 Å². The number of aryl methyl sites for hydroxylation is 3. The molecule has 0 aliphatic heterocycles. The summed E-state index contributed by atoms with van der Waals surface area (Å²) in [4.78, 5) is 17.8. The van der Waals surface area contributed by atoms with Crippen molar-refractivity contribution < 1.29 is 9.18 Å². The Labute approximate surface area is 146 Å². The monoisotopic (exact) mass is 342 g/mol. The minimum Gasteiger partial charge on any atom is -0.358 e. The third-order valence-corrected chi connectivity index (χ3v) is 4.99. The molecule has 1 aromatic carbocycles. The number of nitrogens with one attached hydrogen (secondary N) is 2. The zero-order chi connectivity index (χ0) is 18.3. The molecule has 132 valence electrons. The summed E-state index contributed by atoms with van der Waals surface area (Å²) in [6.07, 6.45) is 0.228. The van der Waals surface area contributed by atoms with E-state index in [0.717, 1.165) is 39.1 Å². The summed E-state index contributed by atoms with van der Waals surface area (Å²) in [5.41, 5.74) is 5.49. The van der Waals surface area contributed by atoms with Crippen LogP contribution < -0.4 is 0 Å². The van der Waals surface area contributed by atoms with E-state index >= 15 is 0 Å². The predicted molar refractivity (Wildman–Crippen MR) is 95.9 cm³/mol. The van der Waals surface area contributed by atoms with Gasteiger partial charge in [-0.25, -0.2) is 4.39 Å². The van der Waals surface area contributed by atoms with E-state index < -0.39 is 0 Å². The first-order valence-corrected chi connectivity index (χ1v) is 8.33. The number of carbonyl (C=O) groups excluding carboxylic acids is 1. The average Bonchev–Trinajstić information content (AvgIpc) is 3.06. The average molecular weight is 342 g/mol. The standard InChI is InChI=1S/C19H23FN4O/c1-10-15(16-8-14(20)6-7-17(16)21-10)9-18(25)24(5)13(4)19-11(2)22-23-12(19)3/h6-8,13,21H,9H2,1-5H3,(H,22,23). The molecule has 0 fully saturated rings. The van der Waals surface area contributed by atoms with Gasteiger partial charge in [0.1, 0.15) is 5.82 Å². The van der Waals surface area contributed by atoms with Crippen LogP contribution in [0, 0.1) is 26.6 Å². The van der Waals surface area contributed by atoms with Gasteiger partial charge in [-0.1, -0.05) is 0 Å². The van der Waals surface area contributed by atoms with Crippen molar-refractivity contribution >= 4 is 16.8 Å². The molecule has 6 heteroatoms. The van der Waals surface area contributed by atoms with E-state index in [1.165, 1.54) is 12.1 Å². The summed E-state index contributed by atoms with van der Waals surface area (Å²) in [6, 6.07) is 4.52. The van der Waals surface area contributed by atoms with E-state index in [9.17, 15) is 9.18 Å². The Hall–Kier alpha value is -2.63. The van der Waals surface area contributed by atoms with Crippen LogP contribution in [0.25, 0.3) is 10.9 Å². The van der Waals surface area contributed by atoms with Crippen molar-refractivity contribution in [1.29, 1.82) is 0 Å². The van der Waals surface area contributed by atoms with Crippen molar-refractivity contribution in [2.24, 2.45) is 0 Å². The third kappa shape index (κ3) is 3.04. The van der Waals surface area contributed by atoms with Gasteiger partial charge < -0.3 is 9.88 Å². The second-order valence-corrected chi connectivity index (χ2v) is 6.62. The number of hydrogen-bond donors (Lipinski definition) is 2. The van der Waals surface area contributed by atoms with E-state index in [4.69, 9.17) is 0 Å². The molecule has 25 heavy (non-hydrogen) atoms. The number of H-pyrrole nitrogens is 2. The SMILES string of the molecule is Cc1n[nH]c(C)c1C(C)N(C)C(=O)Cc1c(C)[nH]c2ccc(F)cc12. The lowest BCUT2D eigenvalue weighted by atomic mass is 10.0. The number of benzene rings is 1. The Balaban J connectivity index is 1.87. The number of fused-ring (bicyclic) bond motifs is 1. The van der Waals surface area contributed by atoms with Gasteiger partial charge in [0.25, 0.3) is 0 Å². The predicted octanol–water partition coefficient (Wildman–Crippen LogP) is 3.72. The minimum absolute atomic E-state index is 0.0132. The van der Waals surface area contributed by atoms with Crippen LogP contribution in [0.5, 0.6) is 0 Å². The molecular formula is C19H23FN4O. The molecule has 2 N–H and O–H groups in total. The molecule has 0 saturated carbocycles. The summed E-state index contributed by atoms with van der Waals surface area (Å²) >= 11 is 0. The fourth-order valence-corrected chi connectivity index (χ4v) is 3.44. The topological polar surface area (TPSA) is 64.8 Å². The van der Waals surface area contributed by atoms with E-state index in [0.29, 0.717) is 0 Å². The normalized spacial score (nSPS) is 12.6. The largest absolute Gasteiger partial charge is 0.358 e. The van der Waals surface area contributed by atoms with E-state index in [1.54, 1.807) is 18.0 Å². The molecule has 1 unspecified atom stereocenters. The first kappa shape index (κ1) is 17.2. The highest BCUT2D eigenvalue weighted by atomic mass is 19.1. The van der Waals surface area contributed by atoms with Crippen molar-refractivity contribution in [2.75, 3.05) is 7.05 Å². The molecule has 5 nitrogen and oxygen atoms in total. The maximum Gasteiger partial charge on any atom is 0.227 e. The molecule has 1 amide bonds. The molecule has 0 spiro atoms. The van der Waals surface area contributed by atoms with Crippen LogP contribution >= 0.6 is 0 Å². The number of hydrogen-bond acceptors (Lipinski definition) is 2. The summed E-state index contributed by atoms with van der Waals surface area (Å²) in [5, 5.41) is 7.94. The number of likely N-dealkylation sites (N-methyl/N-ethyl adjacent to an activating group) is 1. The molecule has 0 radical (unpaired) electrons. The molecule has 2 aromatic heterocycles. The van der Waals surface area contributed by atoms with Gasteiger partial charge in [-0.05, 0) is 51.5 Å². The lowest BCUT2D eigenvalue weighted by Crippen LogP contribution is -2.31. The van der Waals surface area contributed by atoms with Crippen LogP contribution in [-0.2, 0) is 11.2 Å². The van der Waals surface area contributed by atoms with E-state index in [-0.39, 0.29) is 24.2 Å². The van der Waals surface area contributed by atoms with Crippen LogP contribution in [0.4, 0.5) is 4.39 Å². The first-order chi connectivity index (χ1) is 11.8. The number of rotatable bonds is 4. The summed E-state index contributed by atoms with van der Waals surface area (Å²) in [7, 11) is 1.80. The second kappa shape index (κ2) is 6.35. The second-order valence-electron chi connectivity index (χ2n) is 6.62. The molecule has 0 aliphatic rings. The summed E-state index contributed by atoms with van der Waals surface area (Å²) in [5.74, 6) is -0.313. The number of amides is 1. The number of aromatic amines is 2. The van der Waals surface area contributed by atoms with Gasteiger partial charge in [0.05, 0.1) is 18.2 Å². The number of nitrogens with zero attached hydrogens (tertiary/aromatic N) is 2. The number of aromatic nitrogens is 3. The van der Waals surface area contributed by atoms with Crippen molar-refractivity contribution in [3.8, 4) is 0 Å². The highest BCUT2D eigenvalue weighted by Gasteiger charge is 2.23. The Morgan fingerprint density at radius 2 is 2.00 bits per heavy atom. The molecule has 2 heterocycles. The van der Waals surface area contributed by atoms with Crippen molar-refractivity contribution in [3.05, 3.63) is 52.2 Å². The Morgan fingerprint density at radius 1 is 1.28 bits per heavy atom. The number of carbonyl (C=O) groups is 1. The van der Waals surface area contributed by atoms with Gasteiger partial charge in [0.15, 0.2) is 0 Å². The quantitative estimate of drug-likeness (QED) is 0.759. The molecule has 1 atom stereocenters. The molecule has 0 saturated heterocycles. The summed E-state index contributed by atoms with van der Waals surface area (Å²) in [6.45, 7) is 7.79. The van der Waals surface area contributed by atoms with E-state index in [2.05, 4.69) is 15.2 Å². The lowest BCUT2D eigenvalue weighted by Gasteiger charge is -2.25. The maximum absolute atomic E-state index is 13.6. The highest BCUT2D eigenvalue weighted by Crippen LogP contribution is 2.27. The zero-order valence-corrected chi connectivity index (χ0v) is 15.2. The van der Waals surface area contributed by atoms with Crippen molar-refractivity contribution in [3.63, 3.8) is 0 Å². The maximum atomic E-state index is 13.6. The van der Waals surface area contributed by atoms with Gasteiger partial charge in [-0.15, -0.1) is 0 Å². The van der Waals surface area contributed by atoms with Crippen molar-refractivity contribution in [2.45, 2.75) is 40.2 Å². The Bertz CT molecular complexity index is 921. The fraction of sp³-hybridized carbons (Fsp3) is 0.368. The van der Waals surface area contributed by atoms with Gasteiger partial charge in [-0.2, -0.15) is 5.10 Å². The van der Waals surface area contributed by atoms with Crippen LogP contribution in [0.2, 0.25) is 0 Å². The van der Waals surface area contributed by atoms with Gasteiger partial charge in [0.2, 0.25) is 5.91 Å². The van der Waals surface area contributed by atoms with Crippen LogP contribution in [0.15, 0.2) is 18.2 Å². The number of halogens is 1. The molecule has 3 aromatic rings. The fourth-order valence-electron chi connectivity index (χ4n) is 3.44. The van der Waals surface area contributed by atoms with Gasteiger partial charge in [-0.3, -0.25) is 9.89 Å². The summed E-state index contributed by atoms with van der Waals surface area (Å²) < 4.78 is 13.6. The highest BCUT2D eigenvalue weighted by molar-refractivity contribution is 5.90. The van der Waals surface area contributed by atoms with Gasteiger partial charge >= 0.3 is 0 Å². The smallest absolute Gasteiger partial charge is 0.227 e. The lowest BCUT2D eigenvalue weighted by molar-refractivity contribution is -0.131. The van der Waals surface area contributed by atoms with E-state index in [1.807, 2.05) is 27.7 Å². The minimum atomic E-state index is -0.299. The Morgan fingerprint density at radius 3 is 2.64 bits per heavy atom. The Kier molecular flexibility index (Phi) is 4.37. The first-order valence-electron chi connectivity index (χ1n) is 8.33. The third-order valence-electron chi connectivity index (χ3n) is 4.99. The molecule has 3 rings (SSSR count). The van der Waals surface area contributed by atoms with Crippen LogP contribution in [0.3, 0.4) is 0 Å². The van der Waals surface area contributed by atoms with Gasteiger partial charge in [0, 0.05) is 34.9 Å². The molecule has 0 bridgehead atoms. The molecular weight excluding hydrogens is 319 g/mol. The van der Waals surface area contributed by atoms with Crippen LogP contribution in [-0.4, -0.2) is 33.0 Å². The zero-order valence-electron chi connectivity index (χ0n) is 15.2.